The molecule has 1 aromatic rings. The fourth-order valence-corrected chi connectivity index (χ4v) is 4.39. The van der Waals surface area contributed by atoms with Crippen LogP contribution < -0.4 is 16.2 Å². The molecule has 2 amide bonds. The molecule has 4 rings (SSSR count). The van der Waals surface area contributed by atoms with Crippen LogP contribution in [0.3, 0.4) is 0 Å². The Hall–Kier alpha value is -1.89. The van der Waals surface area contributed by atoms with E-state index >= 15 is 0 Å². The van der Waals surface area contributed by atoms with E-state index in [1.165, 1.54) is 30.4 Å². The maximum absolute atomic E-state index is 12.5. The lowest BCUT2D eigenvalue weighted by molar-refractivity contribution is 0.180. The molecule has 3 aliphatic rings. The molecule has 0 radical (unpaired) electrons. The minimum atomic E-state index is -0.242. The van der Waals surface area contributed by atoms with E-state index < -0.39 is 0 Å². The Balaban J connectivity index is 1.42. The van der Waals surface area contributed by atoms with Crippen LogP contribution >= 0.6 is 0 Å². The zero-order valence-corrected chi connectivity index (χ0v) is 15.2. The minimum Gasteiger partial charge on any atom is -0.377 e. The van der Waals surface area contributed by atoms with Crippen LogP contribution in [0.4, 0.5) is 4.79 Å². The van der Waals surface area contributed by atoms with Crippen LogP contribution in [0.1, 0.15) is 62.2 Å². The molecular formula is C19H28N4O3. The van der Waals surface area contributed by atoms with Crippen LogP contribution in [-0.4, -0.2) is 41.1 Å². The molecule has 1 saturated carbocycles. The molecule has 1 aliphatic heterocycles. The van der Waals surface area contributed by atoms with E-state index in [0.717, 1.165) is 43.4 Å². The molecule has 142 valence electrons. The van der Waals surface area contributed by atoms with Crippen LogP contribution in [0.25, 0.3) is 0 Å². The van der Waals surface area contributed by atoms with Crippen molar-refractivity contribution in [3.8, 4) is 0 Å². The highest BCUT2D eigenvalue weighted by atomic mass is 16.5. The Kier molecular flexibility index (Phi) is 5.24. The van der Waals surface area contributed by atoms with Gasteiger partial charge in [0.05, 0.1) is 24.9 Å². The third-order valence-electron chi connectivity index (χ3n) is 5.85. The van der Waals surface area contributed by atoms with Crippen molar-refractivity contribution in [2.24, 2.45) is 0 Å². The second-order valence-electron chi connectivity index (χ2n) is 7.77. The SMILES string of the molecule is O=C(NC1CCCCCC1)NC1COCC1n1nc2c(cc1=O)CCC2. The number of aryl methyl sites for hydroxylation is 2. The third kappa shape index (κ3) is 3.77. The Bertz CT molecular complexity index is 709. The van der Waals surface area contributed by atoms with Gasteiger partial charge in [0.2, 0.25) is 0 Å². The first-order chi connectivity index (χ1) is 12.7. The van der Waals surface area contributed by atoms with E-state index in [0.29, 0.717) is 13.2 Å². The number of fused-ring (bicyclic) bond motifs is 1. The van der Waals surface area contributed by atoms with Gasteiger partial charge >= 0.3 is 6.03 Å². The predicted molar refractivity (Wildman–Crippen MR) is 97.3 cm³/mol. The fourth-order valence-electron chi connectivity index (χ4n) is 4.39. The number of carbonyl (C=O) groups is 1. The second-order valence-corrected chi connectivity index (χ2v) is 7.77. The number of hydrogen-bond donors (Lipinski definition) is 2. The molecule has 0 bridgehead atoms. The highest BCUT2D eigenvalue weighted by Crippen LogP contribution is 2.22. The summed E-state index contributed by atoms with van der Waals surface area (Å²) in [5, 5.41) is 10.7. The third-order valence-corrected chi connectivity index (χ3v) is 5.85. The van der Waals surface area contributed by atoms with E-state index in [2.05, 4.69) is 15.7 Å². The van der Waals surface area contributed by atoms with Crippen LogP contribution in [0.2, 0.25) is 0 Å². The molecule has 7 nitrogen and oxygen atoms in total. The molecule has 0 spiro atoms. The summed E-state index contributed by atoms with van der Waals surface area (Å²) in [7, 11) is 0. The van der Waals surface area contributed by atoms with Gasteiger partial charge in [-0.15, -0.1) is 0 Å². The van der Waals surface area contributed by atoms with E-state index in [1.54, 1.807) is 6.07 Å². The van der Waals surface area contributed by atoms with Crippen molar-refractivity contribution in [2.75, 3.05) is 13.2 Å². The van der Waals surface area contributed by atoms with E-state index in [1.807, 2.05) is 0 Å². The molecule has 2 aliphatic carbocycles. The van der Waals surface area contributed by atoms with Gasteiger partial charge < -0.3 is 15.4 Å². The molecule has 2 heterocycles. The van der Waals surface area contributed by atoms with Crippen molar-refractivity contribution >= 4 is 6.03 Å². The predicted octanol–water partition coefficient (Wildman–Crippen LogP) is 1.69. The van der Waals surface area contributed by atoms with Crippen molar-refractivity contribution in [3.05, 3.63) is 27.7 Å². The number of ether oxygens (including phenoxy) is 1. The largest absolute Gasteiger partial charge is 0.377 e. The zero-order valence-electron chi connectivity index (χ0n) is 15.2. The van der Waals surface area contributed by atoms with Crippen molar-refractivity contribution in [1.29, 1.82) is 0 Å². The first kappa shape index (κ1) is 17.5. The highest BCUT2D eigenvalue weighted by Gasteiger charge is 2.33. The summed E-state index contributed by atoms with van der Waals surface area (Å²) >= 11 is 0. The van der Waals surface area contributed by atoms with Crippen LogP contribution in [0.15, 0.2) is 10.9 Å². The zero-order chi connectivity index (χ0) is 17.9. The van der Waals surface area contributed by atoms with Gasteiger partial charge in [-0.3, -0.25) is 4.79 Å². The summed E-state index contributed by atoms with van der Waals surface area (Å²) in [5.41, 5.74) is 1.98. The number of nitrogens with one attached hydrogen (secondary N) is 2. The van der Waals surface area contributed by atoms with Gasteiger partial charge in [-0.25, -0.2) is 9.48 Å². The topological polar surface area (TPSA) is 85.2 Å². The van der Waals surface area contributed by atoms with E-state index in [-0.39, 0.29) is 29.7 Å². The summed E-state index contributed by atoms with van der Waals surface area (Å²) < 4.78 is 7.09. The number of amides is 2. The monoisotopic (exact) mass is 360 g/mol. The highest BCUT2D eigenvalue weighted by molar-refractivity contribution is 5.74. The van der Waals surface area contributed by atoms with Gasteiger partial charge in [0.1, 0.15) is 6.04 Å². The first-order valence-electron chi connectivity index (χ1n) is 9.97. The maximum atomic E-state index is 12.5. The number of aromatic nitrogens is 2. The van der Waals surface area contributed by atoms with Crippen molar-refractivity contribution in [1.82, 2.24) is 20.4 Å². The molecule has 2 atom stereocenters. The van der Waals surface area contributed by atoms with Crippen LogP contribution in [-0.2, 0) is 17.6 Å². The maximum Gasteiger partial charge on any atom is 0.315 e. The lowest BCUT2D eigenvalue weighted by atomic mass is 10.1. The Morgan fingerprint density at radius 2 is 1.88 bits per heavy atom. The van der Waals surface area contributed by atoms with Crippen molar-refractivity contribution in [2.45, 2.75) is 75.9 Å². The minimum absolute atomic E-state index is 0.0999. The Labute approximate surface area is 153 Å². The second kappa shape index (κ2) is 7.78. The Morgan fingerprint density at radius 3 is 2.69 bits per heavy atom. The number of rotatable bonds is 3. The molecule has 2 N–H and O–H groups in total. The molecule has 1 saturated heterocycles. The summed E-state index contributed by atoms with van der Waals surface area (Å²) in [6.45, 7) is 0.814. The molecule has 2 fully saturated rings. The smallest absolute Gasteiger partial charge is 0.315 e. The van der Waals surface area contributed by atoms with Crippen molar-refractivity contribution in [3.63, 3.8) is 0 Å². The number of carbonyl (C=O) groups excluding carboxylic acids is 1. The summed E-state index contributed by atoms with van der Waals surface area (Å²) in [5.74, 6) is 0. The lowest BCUT2D eigenvalue weighted by Crippen LogP contribution is -2.50. The number of hydrogen-bond acceptors (Lipinski definition) is 4. The molecule has 1 aromatic heterocycles. The Morgan fingerprint density at radius 1 is 1.08 bits per heavy atom. The van der Waals surface area contributed by atoms with Crippen LogP contribution in [0.5, 0.6) is 0 Å². The van der Waals surface area contributed by atoms with Gasteiger partial charge in [0.25, 0.3) is 5.56 Å². The average molecular weight is 360 g/mol. The van der Waals surface area contributed by atoms with Gasteiger partial charge in [0, 0.05) is 12.1 Å². The lowest BCUT2D eigenvalue weighted by Gasteiger charge is -2.23. The van der Waals surface area contributed by atoms with Gasteiger partial charge in [-0.2, -0.15) is 5.10 Å². The number of nitrogens with zero attached hydrogens (tertiary/aromatic N) is 2. The van der Waals surface area contributed by atoms with Gasteiger partial charge in [-0.1, -0.05) is 25.7 Å². The average Bonchev–Trinajstić information content (AvgIpc) is 3.17. The van der Waals surface area contributed by atoms with E-state index in [4.69, 9.17) is 4.74 Å². The van der Waals surface area contributed by atoms with Crippen molar-refractivity contribution < 1.29 is 9.53 Å². The quantitative estimate of drug-likeness (QED) is 0.804. The standard InChI is InChI=1S/C19H28N4O3/c24-18-10-13-6-5-9-15(13)22-23(18)17-12-26-11-16(17)21-19(25)20-14-7-3-1-2-4-8-14/h10,14,16-17H,1-9,11-12H2,(H2,20,21,25). The summed E-state index contributed by atoms with van der Waals surface area (Å²) in [4.78, 5) is 24.9. The first-order valence-corrected chi connectivity index (χ1v) is 9.97. The molecule has 7 heteroatoms. The van der Waals surface area contributed by atoms with Crippen LogP contribution in [0, 0.1) is 0 Å². The van der Waals surface area contributed by atoms with Gasteiger partial charge in [-0.05, 0) is 37.7 Å². The normalized spacial score (nSPS) is 26.3. The fraction of sp³-hybridized carbons (Fsp3) is 0.737. The molecule has 2 unspecified atom stereocenters. The number of urea groups is 1. The molecule has 0 aromatic carbocycles. The van der Waals surface area contributed by atoms with E-state index in [9.17, 15) is 9.59 Å². The van der Waals surface area contributed by atoms with Gasteiger partial charge in [0.15, 0.2) is 0 Å². The molecular weight excluding hydrogens is 332 g/mol. The molecule has 26 heavy (non-hydrogen) atoms. The summed E-state index contributed by atoms with van der Waals surface area (Å²) in [6.07, 6.45) is 9.86. The summed E-state index contributed by atoms with van der Waals surface area (Å²) in [6, 6.07) is 1.32.